The maximum atomic E-state index is 13.0. The van der Waals surface area contributed by atoms with E-state index < -0.39 is 11.7 Å². The van der Waals surface area contributed by atoms with Gasteiger partial charge in [0.25, 0.3) is 5.91 Å². The number of para-hydroxylation sites is 1. The van der Waals surface area contributed by atoms with Crippen molar-refractivity contribution in [1.82, 2.24) is 5.32 Å². The molecule has 0 aliphatic carbocycles. The molecule has 0 bridgehead atoms. The number of carbonyl (C=O) groups is 1. The molecule has 118 valence electrons. The molecule has 1 aliphatic rings. The van der Waals surface area contributed by atoms with Crippen LogP contribution < -0.4 is 5.32 Å². The van der Waals surface area contributed by atoms with E-state index in [2.05, 4.69) is 10.3 Å². The lowest BCUT2D eigenvalue weighted by atomic mass is 10.2. The molecule has 1 fully saturated rings. The highest BCUT2D eigenvalue weighted by Gasteiger charge is 2.34. The summed E-state index contributed by atoms with van der Waals surface area (Å²) in [5.41, 5.74) is -1.06. The number of thiophene rings is 1. The lowest BCUT2D eigenvalue weighted by molar-refractivity contribution is -0.137. The van der Waals surface area contributed by atoms with Gasteiger partial charge in [0.15, 0.2) is 5.17 Å². The number of nitrogens with one attached hydrogen (secondary N) is 1. The highest BCUT2D eigenvalue weighted by atomic mass is 32.2. The van der Waals surface area contributed by atoms with Crippen molar-refractivity contribution >= 4 is 45.9 Å². The van der Waals surface area contributed by atoms with Gasteiger partial charge in [-0.1, -0.05) is 18.2 Å². The van der Waals surface area contributed by atoms with E-state index in [1.807, 2.05) is 17.5 Å². The molecule has 23 heavy (non-hydrogen) atoms. The van der Waals surface area contributed by atoms with E-state index >= 15 is 0 Å². The Bertz CT molecular complexity index is 795. The van der Waals surface area contributed by atoms with E-state index in [4.69, 9.17) is 0 Å². The van der Waals surface area contributed by atoms with E-state index in [0.717, 1.165) is 22.7 Å². The molecule has 2 heterocycles. The number of thioether (sulfide) groups is 1. The van der Waals surface area contributed by atoms with Crippen LogP contribution in [0.5, 0.6) is 0 Å². The van der Waals surface area contributed by atoms with Crippen molar-refractivity contribution in [2.24, 2.45) is 4.99 Å². The molecular formula is C15H9F3N2OS2. The van der Waals surface area contributed by atoms with E-state index in [-0.39, 0.29) is 16.8 Å². The number of alkyl halides is 3. The molecule has 0 atom stereocenters. The Morgan fingerprint density at radius 2 is 1.91 bits per heavy atom. The Hall–Kier alpha value is -2.06. The molecule has 1 aromatic heterocycles. The molecule has 0 unspecified atom stereocenters. The summed E-state index contributed by atoms with van der Waals surface area (Å²) >= 11 is 2.49. The van der Waals surface area contributed by atoms with Crippen LogP contribution in [0.15, 0.2) is 51.7 Å². The lowest BCUT2D eigenvalue weighted by Gasteiger charge is -2.09. The second-order valence-corrected chi connectivity index (χ2v) is 6.52. The number of carbonyl (C=O) groups excluding carboxylic acids is 1. The van der Waals surface area contributed by atoms with Crippen LogP contribution >= 0.6 is 23.1 Å². The number of amides is 1. The number of halogens is 3. The van der Waals surface area contributed by atoms with Crippen molar-refractivity contribution in [2.45, 2.75) is 6.18 Å². The smallest absolute Gasteiger partial charge is 0.300 e. The molecule has 1 aliphatic heterocycles. The summed E-state index contributed by atoms with van der Waals surface area (Å²) in [5.74, 6) is -0.369. The van der Waals surface area contributed by atoms with Crippen LogP contribution in [0.2, 0.25) is 0 Å². The molecule has 2 aromatic rings. The van der Waals surface area contributed by atoms with Crippen LogP contribution in [-0.4, -0.2) is 11.1 Å². The van der Waals surface area contributed by atoms with Gasteiger partial charge in [-0.05, 0) is 41.4 Å². The van der Waals surface area contributed by atoms with Gasteiger partial charge in [0.1, 0.15) is 0 Å². The SMILES string of the molecule is O=C1NC(=Nc2ccccc2C(F)(F)F)S/C1=C\c1cccs1. The molecule has 1 aromatic carbocycles. The molecule has 0 radical (unpaired) electrons. The molecule has 1 N–H and O–H groups in total. The summed E-state index contributed by atoms with van der Waals surface area (Å²) in [6, 6.07) is 8.70. The first-order valence-electron chi connectivity index (χ1n) is 6.43. The van der Waals surface area contributed by atoms with Gasteiger partial charge in [-0.25, -0.2) is 4.99 Å². The second-order valence-electron chi connectivity index (χ2n) is 4.51. The minimum Gasteiger partial charge on any atom is -0.300 e. The fourth-order valence-electron chi connectivity index (χ4n) is 1.90. The van der Waals surface area contributed by atoms with Crippen LogP contribution in [0.1, 0.15) is 10.4 Å². The van der Waals surface area contributed by atoms with Crippen molar-refractivity contribution in [1.29, 1.82) is 0 Å². The van der Waals surface area contributed by atoms with E-state index in [1.54, 1.807) is 6.08 Å². The fraction of sp³-hybridized carbons (Fsp3) is 0.0667. The maximum absolute atomic E-state index is 13.0. The molecule has 1 amide bonds. The first-order valence-corrected chi connectivity index (χ1v) is 8.12. The topological polar surface area (TPSA) is 41.5 Å². The van der Waals surface area contributed by atoms with Crippen LogP contribution in [0.4, 0.5) is 18.9 Å². The highest BCUT2D eigenvalue weighted by Crippen LogP contribution is 2.37. The number of rotatable bonds is 2. The Morgan fingerprint density at radius 1 is 1.13 bits per heavy atom. The van der Waals surface area contributed by atoms with E-state index in [0.29, 0.717) is 4.91 Å². The zero-order chi connectivity index (χ0) is 16.4. The van der Waals surface area contributed by atoms with Crippen molar-refractivity contribution in [3.8, 4) is 0 Å². The first-order chi connectivity index (χ1) is 10.9. The summed E-state index contributed by atoms with van der Waals surface area (Å²) < 4.78 is 38.9. The van der Waals surface area contributed by atoms with Crippen molar-refractivity contribution in [3.05, 3.63) is 57.1 Å². The third-order valence-corrected chi connectivity index (χ3v) is 4.63. The van der Waals surface area contributed by atoms with E-state index in [1.165, 1.54) is 29.5 Å². The standard InChI is InChI=1S/C15H9F3N2OS2/c16-15(17,18)10-5-1-2-6-11(10)19-14-20-13(21)12(23-14)8-9-4-3-7-22-9/h1-8H,(H,19,20,21)/b12-8-. The molecule has 3 nitrogen and oxygen atoms in total. The highest BCUT2D eigenvalue weighted by molar-refractivity contribution is 8.18. The van der Waals surface area contributed by atoms with Crippen molar-refractivity contribution in [3.63, 3.8) is 0 Å². The van der Waals surface area contributed by atoms with Crippen molar-refractivity contribution in [2.75, 3.05) is 0 Å². The normalized spacial score (nSPS) is 18.7. The average molecular weight is 354 g/mol. The average Bonchev–Trinajstić information content (AvgIpc) is 3.10. The molecule has 0 saturated carbocycles. The van der Waals surface area contributed by atoms with Crippen LogP contribution in [-0.2, 0) is 11.0 Å². The van der Waals surface area contributed by atoms with E-state index in [9.17, 15) is 18.0 Å². The largest absolute Gasteiger partial charge is 0.418 e. The Balaban J connectivity index is 1.90. The predicted molar refractivity (Wildman–Crippen MR) is 86.6 cm³/mol. The van der Waals surface area contributed by atoms with Gasteiger partial charge >= 0.3 is 6.18 Å². The first kappa shape index (κ1) is 15.8. The summed E-state index contributed by atoms with van der Waals surface area (Å²) in [5, 5.41) is 4.49. The second kappa shape index (κ2) is 6.21. The third-order valence-electron chi connectivity index (χ3n) is 2.90. The summed E-state index contributed by atoms with van der Waals surface area (Å²) in [6.45, 7) is 0. The summed E-state index contributed by atoms with van der Waals surface area (Å²) in [6.07, 6.45) is -2.81. The number of hydrogen-bond acceptors (Lipinski definition) is 4. The van der Waals surface area contributed by atoms with Gasteiger partial charge in [0, 0.05) is 4.88 Å². The summed E-state index contributed by atoms with van der Waals surface area (Å²) in [4.78, 5) is 17.1. The van der Waals surface area contributed by atoms with Gasteiger partial charge in [-0.3, -0.25) is 4.79 Å². The van der Waals surface area contributed by atoms with Crippen LogP contribution in [0.25, 0.3) is 6.08 Å². The lowest BCUT2D eigenvalue weighted by Crippen LogP contribution is -2.19. The van der Waals surface area contributed by atoms with Gasteiger partial charge in [0.2, 0.25) is 0 Å². The van der Waals surface area contributed by atoms with Crippen LogP contribution in [0.3, 0.4) is 0 Å². The minimum absolute atomic E-state index is 0.134. The zero-order valence-corrected chi connectivity index (χ0v) is 13.1. The number of amidine groups is 1. The number of aliphatic imine (C=N–C) groups is 1. The molecule has 1 saturated heterocycles. The predicted octanol–water partition coefficient (Wildman–Crippen LogP) is 4.66. The van der Waals surface area contributed by atoms with Gasteiger partial charge in [-0.15, -0.1) is 11.3 Å². The van der Waals surface area contributed by atoms with Crippen LogP contribution in [0, 0.1) is 0 Å². The summed E-state index contributed by atoms with van der Waals surface area (Å²) in [7, 11) is 0. The zero-order valence-electron chi connectivity index (χ0n) is 11.4. The van der Waals surface area contributed by atoms with Crippen molar-refractivity contribution < 1.29 is 18.0 Å². The Kier molecular flexibility index (Phi) is 4.27. The minimum atomic E-state index is -4.50. The number of hydrogen-bond donors (Lipinski definition) is 1. The molecule has 8 heteroatoms. The van der Waals surface area contributed by atoms with Gasteiger partial charge in [0.05, 0.1) is 16.2 Å². The molecule has 0 spiro atoms. The maximum Gasteiger partial charge on any atom is 0.418 e. The fourth-order valence-corrected chi connectivity index (χ4v) is 3.46. The van der Waals surface area contributed by atoms with Gasteiger partial charge in [-0.2, -0.15) is 13.2 Å². The number of nitrogens with zero attached hydrogens (tertiary/aromatic N) is 1. The van der Waals surface area contributed by atoms with Gasteiger partial charge < -0.3 is 5.32 Å². The third kappa shape index (κ3) is 3.65. The molecule has 3 rings (SSSR count). The Morgan fingerprint density at radius 3 is 2.61 bits per heavy atom. The molecular weight excluding hydrogens is 345 g/mol. The monoisotopic (exact) mass is 354 g/mol. The quantitative estimate of drug-likeness (QED) is 0.797. The Labute approximate surface area is 137 Å². The number of benzene rings is 1.